The van der Waals surface area contributed by atoms with Gasteiger partial charge in [-0.3, -0.25) is 0 Å². The summed E-state index contributed by atoms with van der Waals surface area (Å²) in [5.74, 6) is 0.380. The molecule has 2 rings (SSSR count). The highest BCUT2D eigenvalue weighted by molar-refractivity contribution is 9.10. The summed E-state index contributed by atoms with van der Waals surface area (Å²) >= 11 is 3.46. The number of aromatic nitrogens is 1. The largest absolute Gasteiger partial charge is 0.480 e. The predicted molar refractivity (Wildman–Crippen MR) is 72.7 cm³/mol. The first-order chi connectivity index (χ1) is 8.13. The number of halogens is 1. The summed E-state index contributed by atoms with van der Waals surface area (Å²) < 4.78 is 6.02. The molecular weight excluding hydrogens is 282 g/mol. The number of rotatable bonds is 2. The molecule has 1 heterocycles. The predicted octanol–water partition coefficient (Wildman–Crippen LogP) is 2.68. The van der Waals surface area contributed by atoms with Gasteiger partial charge in [-0.1, -0.05) is 34.1 Å². The van der Waals surface area contributed by atoms with Gasteiger partial charge in [-0.15, -0.1) is 0 Å². The van der Waals surface area contributed by atoms with Gasteiger partial charge < -0.3 is 16.2 Å². The Kier molecular flexibility index (Phi) is 3.19. The minimum absolute atomic E-state index is 0.380. The Balaban J connectivity index is 2.64. The molecule has 17 heavy (non-hydrogen) atoms. The number of nitrogens with zero attached hydrogens (tertiary/aromatic N) is 1. The van der Waals surface area contributed by atoms with E-state index in [0.29, 0.717) is 22.9 Å². The van der Waals surface area contributed by atoms with E-state index in [4.69, 9.17) is 16.2 Å². The molecule has 0 aliphatic heterocycles. The van der Waals surface area contributed by atoms with E-state index in [-0.39, 0.29) is 0 Å². The number of nitrogens with two attached hydrogens (primary N) is 2. The Hall–Kier alpha value is -1.75. The lowest BCUT2D eigenvalue weighted by Crippen LogP contribution is -2.01. The second kappa shape index (κ2) is 4.63. The number of methoxy groups -OCH3 is 1. The first kappa shape index (κ1) is 11.7. The van der Waals surface area contributed by atoms with E-state index >= 15 is 0 Å². The third-order valence-electron chi connectivity index (χ3n) is 2.37. The number of hydrogen-bond acceptors (Lipinski definition) is 4. The molecule has 0 radical (unpaired) electrons. The molecule has 4 nitrogen and oxygen atoms in total. The lowest BCUT2D eigenvalue weighted by atomic mass is 10.1. The zero-order valence-electron chi connectivity index (χ0n) is 9.27. The number of pyridine rings is 1. The fourth-order valence-electron chi connectivity index (χ4n) is 1.56. The highest BCUT2D eigenvalue weighted by Gasteiger charge is 2.12. The van der Waals surface area contributed by atoms with Crippen molar-refractivity contribution in [3.63, 3.8) is 0 Å². The monoisotopic (exact) mass is 293 g/mol. The molecule has 88 valence electrons. The van der Waals surface area contributed by atoms with Gasteiger partial charge in [-0.2, -0.15) is 0 Å². The van der Waals surface area contributed by atoms with Gasteiger partial charge in [-0.25, -0.2) is 4.98 Å². The minimum atomic E-state index is 0.380. The van der Waals surface area contributed by atoms with Crippen LogP contribution in [0.15, 0.2) is 34.8 Å². The molecule has 0 aliphatic carbocycles. The highest BCUT2D eigenvalue weighted by Crippen LogP contribution is 2.34. The Morgan fingerprint density at radius 3 is 2.53 bits per heavy atom. The minimum Gasteiger partial charge on any atom is -0.480 e. The standard InChI is InChI=1S/C12H12BrN3O/c1-17-12-10(15)6-9(14)11(16-12)7-4-2-3-5-8(7)13/h2-6H,14-15H2,1H3. The van der Waals surface area contributed by atoms with E-state index in [1.807, 2.05) is 24.3 Å². The average molecular weight is 294 g/mol. The maximum absolute atomic E-state index is 5.93. The molecule has 0 saturated heterocycles. The van der Waals surface area contributed by atoms with Gasteiger partial charge in [0.1, 0.15) is 0 Å². The van der Waals surface area contributed by atoms with Crippen LogP contribution in [0.2, 0.25) is 0 Å². The quantitative estimate of drug-likeness (QED) is 0.893. The Labute approximate surface area is 108 Å². The fourth-order valence-corrected chi connectivity index (χ4v) is 2.03. The molecule has 2 aromatic rings. The number of nitrogen functional groups attached to an aromatic ring is 2. The molecule has 5 heteroatoms. The molecule has 1 aromatic heterocycles. The van der Waals surface area contributed by atoms with E-state index < -0.39 is 0 Å². The molecule has 0 saturated carbocycles. The second-order valence-electron chi connectivity index (χ2n) is 3.50. The van der Waals surface area contributed by atoms with Crippen molar-refractivity contribution in [1.29, 1.82) is 0 Å². The van der Waals surface area contributed by atoms with Crippen LogP contribution >= 0.6 is 15.9 Å². The van der Waals surface area contributed by atoms with Crippen LogP contribution in [0.5, 0.6) is 5.88 Å². The number of anilines is 2. The maximum Gasteiger partial charge on any atom is 0.237 e. The SMILES string of the molecule is COc1nc(-c2ccccc2Br)c(N)cc1N. The molecule has 1 aromatic carbocycles. The zero-order chi connectivity index (χ0) is 12.4. The summed E-state index contributed by atoms with van der Waals surface area (Å²) in [6, 6.07) is 9.36. The van der Waals surface area contributed by atoms with Crippen molar-refractivity contribution in [3.05, 3.63) is 34.8 Å². The Morgan fingerprint density at radius 1 is 1.18 bits per heavy atom. The van der Waals surface area contributed by atoms with Crippen LogP contribution in [0.25, 0.3) is 11.3 Å². The van der Waals surface area contributed by atoms with Crippen molar-refractivity contribution in [1.82, 2.24) is 4.98 Å². The van der Waals surface area contributed by atoms with Crippen molar-refractivity contribution in [2.45, 2.75) is 0 Å². The lowest BCUT2D eigenvalue weighted by molar-refractivity contribution is 0.401. The molecule has 0 aliphatic rings. The van der Waals surface area contributed by atoms with Gasteiger partial charge >= 0.3 is 0 Å². The van der Waals surface area contributed by atoms with E-state index in [0.717, 1.165) is 10.0 Å². The van der Waals surface area contributed by atoms with Crippen molar-refractivity contribution in [2.75, 3.05) is 18.6 Å². The van der Waals surface area contributed by atoms with Crippen molar-refractivity contribution < 1.29 is 4.74 Å². The maximum atomic E-state index is 5.93. The summed E-state index contributed by atoms with van der Waals surface area (Å²) in [7, 11) is 1.53. The zero-order valence-corrected chi connectivity index (χ0v) is 10.9. The first-order valence-corrected chi connectivity index (χ1v) is 5.77. The second-order valence-corrected chi connectivity index (χ2v) is 4.36. The van der Waals surface area contributed by atoms with Crippen molar-refractivity contribution >= 4 is 27.3 Å². The molecule has 4 N–H and O–H groups in total. The lowest BCUT2D eigenvalue weighted by Gasteiger charge is -2.10. The van der Waals surface area contributed by atoms with Crippen LogP contribution in [0, 0.1) is 0 Å². The van der Waals surface area contributed by atoms with Crippen LogP contribution in [0.4, 0.5) is 11.4 Å². The molecular formula is C12H12BrN3O. The van der Waals surface area contributed by atoms with E-state index in [1.165, 1.54) is 7.11 Å². The summed E-state index contributed by atoms with van der Waals surface area (Å²) in [6.45, 7) is 0. The normalized spacial score (nSPS) is 10.2. The molecule has 0 spiro atoms. The smallest absolute Gasteiger partial charge is 0.237 e. The van der Waals surface area contributed by atoms with Crippen LogP contribution in [0.1, 0.15) is 0 Å². The average Bonchev–Trinajstić information content (AvgIpc) is 2.31. The molecule has 0 atom stereocenters. The molecule has 0 bridgehead atoms. The third kappa shape index (κ3) is 2.19. The molecule has 0 fully saturated rings. The van der Waals surface area contributed by atoms with Gasteiger partial charge in [0.25, 0.3) is 0 Å². The molecule has 0 unspecified atom stereocenters. The Morgan fingerprint density at radius 2 is 1.88 bits per heavy atom. The van der Waals surface area contributed by atoms with Crippen LogP contribution in [-0.4, -0.2) is 12.1 Å². The summed E-state index contributed by atoms with van der Waals surface area (Å²) in [4.78, 5) is 4.32. The van der Waals surface area contributed by atoms with Crippen LogP contribution in [-0.2, 0) is 0 Å². The highest BCUT2D eigenvalue weighted by atomic mass is 79.9. The number of hydrogen-bond donors (Lipinski definition) is 2. The van der Waals surface area contributed by atoms with Crippen molar-refractivity contribution in [2.24, 2.45) is 0 Å². The van der Waals surface area contributed by atoms with E-state index in [2.05, 4.69) is 20.9 Å². The summed E-state index contributed by atoms with van der Waals surface area (Å²) in [6.07, 6.45) is 0. The Bertz CT molecular complexity index is 557. The van der Waals surface area contributed by atoms with Gasteiger partial charge in [-0.05, 0) is 12.1 Å². The van der Waals surface area contributed by atoms with Crippen LogP contribution in [0.3, 0.4) is 0 Å². The van der Waals surface area contributed by atoms with Gasteiger partial charge in [0.2, 0.25) is 5.88 Å². The molecule has 0 amide bonds. The van der Waals surface area contributed by atoms with Crippen LogP contribution < -0.4 is 16.2 Å². The van der Waals surface area contributed by atoms with Crippen molar-refractivity contribution in [3.8, 4) is 17.1 Å². The van der Waals surface area contributed by atoms with Gasteiger partial charge in [0, 0.05) is 10.0 Å². The van der Waals surface area contributed by atoms with Gasteiger partial charge in [0.05, 0.1) is 24.2 Å². The first-order valence-electron chi connectivity index (χ1n) is 4.98. The summed E-state index contributed by atoms with van der Waals surface area (Å²) in [5.41, 5.74) is 14.2. The summed E-state index contributed by atoms with van der Waals surface area (Å²) in [5, 5.41) is 0. The van der Waals surface area contributed by atoms with Gasteiger partial charge in [0.15, 0.2) is 0 Å². The number of ether oxygens (including phenoxy) is 1. The van der Waals surface area contributed by atoms with E-state index in [9.17, 15) is 0 Å². The van der Waals surface area contributed by atoms with E-state index in [1.54, 1.807) is 6.07 Å². The third-order valence-corrected chi connectivity index (χ3v) is 3.06. The topological polar surface area (TPSA) is 74.2 Å². The number of benzene rings is 1. The fraction of sp³-hybridized carbons (Fsp3) is 0.0833.